The first-order chi connectivity index (χ1) is 16.6. The van der Waals surface area contributed by atoms with Crippen LogP contribution in [-0.2, 0) is 30.2 Å². The minimum absolute atomic E-state index is 0.149. The van der Waals surface area contributed by atoms with Gasteiger partial charge in [0, 0.05) is 6.42 Å². The van der Waals surface area contributed by atoms with Crippen molar-refractivity contribution in [2.45, 2.75) is 90.3 Å². The molecule has 1 aliphatic heterocycles. The van der Waals surface area contributed by atoms with E-state index in [1.165, 1.54) is 0 Å². The van der Waals surface area contributed by atoms with Crippen LogP contribution in [0, 0.1) is 5.92 Å². The fraction of sp³-hybridized carbons (Fsp3) is 0.593. The molecule has 0 unspecified atom stereocenters. The second-order valence-electron chi connectivity index (χ2n) is 10.1. The molecule has 1 N–H and O–H groups in total. The van der Waals surface area contributed by atoms with Gasteiger partial charge in [-0.3, -0.25) is 19.8 Å². The van der Waals surface area contributed by atoms with Gasteiger partial charge in [0.15, 0.2) is 6.23 Å². The molecular weight excluding hydrogens is 448 g/mol. The van der Waals surface area contributed by atoms with E-state index < -0.39 is 30.1 Å². The van der Waals surface area contributed by atoms with E-state index in [-0.39, 0.29) is 30.4 Å². The van der Waals surface area contributed by atoms with E-state index in [0.717, 1.165) is 12.0 Å². The van der Waals surface area contributed by atoms with E-state index in [0.29, 0.717) is 19.3 Å². The van der Waals surface area contributed by atoms with Gasteiger partial charge in [0.2, 0.25) is 5.91 Å². The number of nitrogens with one attached hydrogen (secondary N) is 1. The average molecular weight is 487 g/mol. The molecule has 0 spiro atoms. The van der Waals surface area contributed by atoms with Crippen LogP contribution in [0.2, 0.25) is 0 Å². The molecule has 1 saturated heterocycles. The largest absolute Gasteiger partial charge is 0.510 e. The molecule has 8 heteroatoms. The second-order valence-corrected chi connectivity index (χ2v) is 10.1. The van der Waals surface area contributed by atoms with Gasteiger partial charge in [-0.1, -0.05) is 42.5 Å². The maximum atomic E-state index is 13.6. The number of carbonyl (C=O) groups is 3. The number of carbonyl (C=O) groups excluding carboxylic acids is 3. The molecular formula is C27H38N2O6. The molecule has 1 aromatic rings. The van der Waals surface area contributed by atoms with Gasteiger partial charge in [-0.05, 0) is 65.4 Å². The summed E-state index contributed by atoms with van der Waals surface area (Å²) in [5.74, 6) is -0.422. The molecule has 1 aliphatic carbocycles. The van der Waals surface area contributed by atoms with Crippen LogP contribution in [0.3, 0.4) is 0 Å². The summed E-state index contributed by atoms with van der Waals surface area (Å²) in [6.45, 7) is 9.04. The van der Waals surface area contributed by atoms with Crippen molar-refractivity contribution in [1.29, 1.82) is 0 Å². The maximum Gasteiger partial charge on any atom is 0.510 e. The SMILES string of the molecule is CCOC(=O)[C@H](CCc1ccccc1)N[C@@H](C)C(=O)N1[C@@H](OC(=O)OC(C)(C)C)C[C@@H]2CC=C[C@H]21. The summed E-state index contributed by atoms with van der Waals surface area (Å²) >= 11 is 0. The van der Waals surface area contributed by atoms with Gasteiger partial charge in [-0.15, -0.1) is 0 Å². The van der Waals surface area contributed by atoms with Crippen molar-refractivity contribution in [3.8, 4) is 0 Å². The van der Waals surface area contributed by atoms with Crippen LogP contribution in [0.1, 0.15) is 59.4 Å². The summed E-state index contributed by atoms with van der Waals surface area (Å²) in [5.41, 5.74) is 0.410. The van der Waals surface area contributed by atoms with Gasteiger partial charge < -0.3 is 14.2 Å². The van der Waals surface area contributed by atoms with Crippen molar-refractivity contribution in [2.24, 2.45) is 5.92 Å². The van der Waals surface area contributed by atoms with E-state index in [9.17, 15) is 14.4 Å². The second kappa shape index (κ2) is 11.7. The third-order valence-electron chi connectivity index (χ3n) is 6.22. The number of ether oxygens (including phenoxy) is 3. The molecule has 8 nitrogen and oxygen atoms in total. The highest BCUT2D eigenvalue weighted by molar-refractivity contribution is 5.84. The van der Waals surface area contributed by atoms with Gasteiger partial charge in [0.25, 0.3) is 0 Å². The summed E-state index contributed by atoms with van der Waals surface area (Å²) in [6.07, 6.45) is 5.07. The number of amides is 1. The maximum absolute atomic E-state index is 13.6. The zero-order valence-corrected chi connectivity index (χ0v) is 21.4. The zero-order valence-electron chi connectivity index (χ0n) is 21.4. The van der Waals surface area contributed by atoms with E-state index >= 15 is 0 Å². The van der Waals surface area contributed by atoms with Crippen molar-refractivity contribution >= 4 is 18.0 Å². The lowest BCUT2D eigenvalue weighted by Crippen LogP contribution is -2.54. The van der Waals surface area contributed by atoms with Crippen molar-refractivity contribution < 1.29 is 28.6 Å². The van der Waals surface area contributed by atoms with Gasteiger partial charge in [0.1, 0.15) is 11.6 Å². The quantitative estimate of drug-likeness (QED) is 0.417. The minimum Gasteiger partial charge on any atom is -0.465 e. The third-order valence-corrected chi connectivity index (χ3v) is 6.22. The highest BCUT2D eigenvalue weighted by Gasteiger charge is 2.47. The zero-order chi connectivity index (χ0) is 25.6. The number of nitrogens with zero attached hydrogens (tertiary/aromatic N) is 1. The number of rotatable bonds is 9. The number of esters is 1. The van der Waals surface area contributed by atoms with E-state index in [1.807, 2.05) is 36.4 Å². The Bertz CT molecular complexity index is 910. The lowest BCUT2D eigenvalue weighted by molar-refractivity contribution is -0.148. The molecule has 2 aliphatic rings. The molecule has 35 heavy (non-hydrogen) atoms. The van der Waals surface area contributed by atoms with E-state index in [1.54, 1.807) is 39.5 Å². The van der Waals surface area contributed by atoms with E-state index in [4.69, 9.17) is 14.2 Å². The molecule has 5 atom stereocenters. The topological polar surface area (TPSA) is 94.2 Å². The fourth-order valence-electron chi connectivity index (χ4n) is 4.65. The van der Waals surface area contributed by atoms with Crippen LogP contribution >= 0.6 is 0 Å². The van der Waals surface area contributed by atoms with Gasteiger partial charge >= 0.3 is 12.1 Å². The Morgan fingerprint density at radius 2 is 1.89 bits per heavy atom. The molecule has 1 fully saturated rings. The molecule has 192 valence electrons. The molecule has 0 saturated carbocycles. The first kappa shape index (κ1) is 26.7. The van der Waals surface area contributed by atoms with Crippen molar-refractivity contribution in [3.05, 3.63) is 48.0 Å². The van der Waals surface area contributed by atoms with Gasteiger partial charge in [0.05, 0.1) is 18.7 Å². The van der Waals surface area contributed by atoms with Crippen LogP contribution in [-0.4, -0.2) is 59.5 Å². The number of allylic oxidation sites excluding steroid dienone is 1. The monoisotopic (exact) mass is 486 g/mol. The smallest absolute Gasteiger partial charge is 0.465 e. The molecule has 1 heterocycles. The number of aryl methyl sites for hydroxylation is 1. The predicted octanol–water partition coefficient (Wildman–Crippen LogP) is 3.98. The van der Waals surface area contributed by atoms with Crippen molar-refractivity contribution in [3.63, 3.8) is 0 Å². The highest BCUT2D eigenvalue weighted by atomic mass is 16.7. The van der Waals surface area contributed by atoms with Crippen LogP contribution in [0.25, 0.3) is 0 Å². The third kappa shape index (κ3) is 7.31. The number of fused-ring (bicyclic) bond motifs is 1. The first-order valence-corrected chi connectivity index (χ1v) is 12.4. The van der Waals surface area contributed by atoms with Crippen molar-refractivity contribution in [2.75, 3.05) is 6.61 Å². The fourth-order valence-corrected chi connectivity index (χ4v) is 4.65. The Kier molecular flexibility index (Phi) is 8.94. The molecule has 1 amide bonds. The summed E-state index contributed by atoms with van der Waals surface area (Å²) in [5, 5.41) is 3.18. The summed E-state index contributed by atoms with van der Waals surface area (Å²) in [7, 11) is 0. The normalized spacial score (nSPS) is 22.9. The predicted molar refractivity (Wildman–Crippen MR) is 131 cm³/mol. The number of likely N-dealkylation sites (tertiary alicyclic amines) is 1. The van der Waals surface area contributed by atoms with Crippen LogP contribution < -0.4 is 5.32 Å². The van der Waals surface area contributed by atoms with Crippen LogP contribution in [0.15, 0.2) is 42.5 Å². The van der Waals surface area contributed by atoms with Crippen molar-refractivity contribution in [1.82, 2.24) is 10.2 Å². The average Bonchev–Trinajstić information content (AvgIpc) is 3.36. The Morgan fingerprint density at radius 1 is 1.17 bits per heavy atom. The Hall–Kier alpha value is -2.87. The Labute approximate surface area is 208 Å². The number of benzene rings is 1. The molecule has 0 aromatic heterocycles. The van der Waals surface area contributed by atoms with Crippen LogP contribution in [0.5, 0.6) is 0 Å². The summed E-state index contributed by atoms with van der Waals surface area (Å²) < 4.78 is 16.2. The lowest BCUT2D eigenvalue weighted by atomic mass is 10.0. The molecule has 0 radical (unpaired) electrons. The van der Waals surface area contributed by atoms with Crippen LogP contribution in [0.4, 0.5) is 4.79 Å². The summed E-state index contributed by atoms with van der Waals surface area (Å²) in [6, 6.07) is 8.40. The minimum atomic E-state index is -0.794. The molecule has 0 bridgehead atoms. The number of hydrogen-bond donors (Lipinski definition) is 1. The van der Waals surface area contributed by atoms with E-state index in [2.05, 4.69) is 11.4 Å². The van der Waals surface area contributed by atoms with Gasteiger partial charge in [-0.2, -0.15) is 0 Å². The lowest BCUT2D eigenvalue weighted by Gasteiger charge is -2.32. The first-order valence-electron chi connectivity index (χ1n) is 12.4. The highest BCUT2D eigenvalue weighted by Crippen LogP contribution is 2.38. The van der Waals surface area contributed by atoms with Gasteiger partial charge in [-0.25, -0.2) is 4.79 Å². The summed E-state index contributed by atoms with van der Waals surface area (Å²) in [4.78, 5) is 40.2. The number of hydrogen-bond acceptors (Lipinski definition) is 7. The Morgan fingerprint density at radius 3 is 2.54 bits per heavy atom. The standard InChI is InChI=1S/C27H38N2O6/c1-6-33-25(31)21(16-15-19-11-8-7-9-12-19)28-18(2)24(30)29-22-14-10-13-20(22)17-23(29)34-26(32)35-27(3,4)5/h7-12,14,18,20-23,28H,6,13,15-17H2,1-5H3/t18-,20-,21-,22+,23-/m0/s1. The molecule has 3 rings (SSSR count). The Balaban J connectivity index is 1.70. The molecule has 1 aromatic carbocycles.